The number of imidazole rings is 1. The highest BCUT2D eigenvalue weighted by Crippen LogP contribution is 2.19. The molecule has 3 heterocycles. The highest BCUT2D eigenvalue weighted by Gasteiger charge is 2.23. The first-order chi connectivity index (χ1) is 9.17. The van der Waals surface area contributed by atoms with Crippen molar-refractivity contribution >= 4 is 28.7 Å². The van der Waals surface area contributed by atoms with Gasteiger partial charge in [-0.15, -0.1) is 11.6 Å². The van der Waals surface area contributed by atoms with Crippen LogP contribution in [0.25, 0.3) is 11.2 Å². The molecule has 1 N–H and O–H groups in total. The van der Waals surface area contributed by atoms with Gasteiger partial charge in [0.2, 0.25) is 5.91 Å². The Labute approximate surface area is 116 Å². The van der Waals surface area contributed by atoms with E-state index in [9.17, 15) is 4.79 Å². The number of pyridine rings is 1. The highest BCUT2D eigenvalue weighted by atomic mass is 35.5. The van der Waals surface area contributed by atoms with Crippen LogP contribution < -0.4 is 5.32 Å². The van der Waals surface area contributed by atoms with E-state index in [0.29, 0.717) is 18.8 Å². The molecule has 3 rings (SSSR count). The van der Waals surface area contributed by atoms with Crippen molar-refractivity contribution in [1.82, 2.24) is 19.9 Å². The van der Waals surface area contributed by atoms with Gasteiger partial charge in [-0.25, -0.2) is 9.97 Å². The number of hydrogen-bond donors (Lipinski definition) is 1. The predicted octanol–water partition coefficient (Wildman–Crippen LogP) is 1.76. The normalized spacial score (nSPS) is 19.1. The van der Waals surface area contributed by atoms with Crippen molar-refractivity contribution in [1.29, 1.82) is 0 Å². The molecule has 0 bridgehead atoms. The second-order valence-corrected chi connectivity index (χ2v) is 5.14. The Morgan fingerprint density at radius 1 is 1.47 bits per heavy atom. The number of carbonyl (C=O) groups excluding carboxylic acids is 1. The molecule has 1 fully saturated rings. The molecule has 1 aliphatic heterocycles. The molecule has 1 unspecified atom stereocenters. The van der Waals surface area contributed by atoms with Gasteiger partial charge in [-0.1, -0.05) is 0 Å². The molecule has 1 atom stereocenters. The van der Waals surface area contributed by atoms with E-state index in [4.69, 9.17) is 11.6 Å². The maximum absolute atomic E-state index is 11.3. The summed E-state index contributed by atoms with van der Waals surface area (Å²) >= 11 is 5.96. The summed E-state index contributed by atoms with van der Waals surface area (Å²) in [4.78, 5) is 20.3. The molecule has 5 nitrogen and oxygen atoms in total. The molecule has 0 aromatic carbocycles. The summed E-state index contributed by atoms with van der Waals surface area (Å²) in [7, 11) is 0. The van der Waals surface area contributed by atoms with Crippen LogP contribution >= 0.6 is 11.6 Å². The summed E-state index contributed by atoms with van der Waals surface area (Å²) in [5, 5.41) is 2.96. The quantitative estimate of drug-likeness (QED) is 0.871. The summed E-state index contributed by atoms with van der Waals surface area (Å²) in [6, 6.07) is 4.04. The van der Waals surface area contributed by atoms with Crippen LogP contribution in [0.15, 0.2) is 12.1 Å². The van der Waals surface area contributed by atoms with Crippen LogP contribution in [-0.4, -0.2) is 26.5 Å². The van der Waals surface area contributed by atoms with Crippen molar-refractivity contribution in [3.05, 3.63) is 23.7 Å². The van der Waals surface area contributed by atoms with E-state index in [2.05, 4.69) is 15.3 Å². The van der Waals surface area contributed by atoms with E-state index < -0.39 is 0 Å². The molecule has 19 heavy (non-hydrogen) atoms. The Morgan fingerprint density at radius 3 is 3.00 bits per heavy atom. The zero-order chi connectivity index (χ0) is 13.4. The number of rotatable bonds is 3. The van der Waals surface area contributed by atoms with Crippen molar-refractivity contribution in [2.75, 3.05) is 0 Å². The van der Waals surface area contributed by atoms with Gasteiger partial charge in [-0.2, -0.15) is 0 Å². The van der Waals surface area contributed by atoms with E-state index >= 15 is 0 Å². The third-order valence-electron chi connectivity index (χ3n) is 3.42. The van der Waals surface area contributed by atoms with Crippen molar-refractivity contribution < 1.29 is 4.79 Å². The lowest BCUT2D eigenvalue weighted by atomic mass is 10.2. The number of fused-ring (bicyclic) bond motifs is 1. The lowest BCUT2D eigenvalue weighted by Crippen LogP contribution is -2.30. The first-order valence-electron chi connectivity index (χ1n) is 6.35. The summed E-state index contributed by atoms with van der Waals surface area (Å²) in [5.41, 5.74) is 2.65. The maximum Gasteiger partial charge on any atom is 0.220 e. The van der Waals surface area contributed by atoms with Crippen LogP contribution in [0.3, 0.4) is 0 Å². The Hall–Kier alpha value is -1.62. The molecule has 0 radical (unpaired) electrons. The van der Waals surface area contributed by atoms with Crippen LogP contribution in [0, 0.1) is 6.92 Å². The third kappa shape index (κ3) is 2.30. The molecule has 6 heteroatoms. The van der Waals surface area contributed by atoms with E-state index in [0.717, 1.165) is 29.1 Å². The zero-order valence-electron chi connectivity index (χ0n) is 10.7. The molecule has 2 aromatic rings. The number of aromatic nitrogens is 3. The van der Waals surface area contributed by atoms with Crippen LogP contribution in [0.5, 0.6) is 0 Å². The lowest BCUT2D eigenvalue weighted by molar-refractivity contribution is -0.119. The minimum atomic E-state index is 0.117. The van der Waals surface area contributed by atoms with Crippen LogP contribution in [0.1, 0.15) is 24.4 Å². The second kappa shape index (κ2) is 4.81. The smallest absolute Gasteiger partial charge is 0.220 e. The van der Waals surface area contributed by atoms with Crippen molar-refractivity contribution in [2.24, 2.45) is 0 Å². The van der Waals surface area contributed by atoms with Crippen molar-refractivity contribution in [3.63, 3.8) is 0 Å². The molecule has 100 valence electrons. The second-order valence-electron chi connectivity index (χ2n) is 4.87. The van der Waals surface area contributed by atoms with Gasteiger partial charge < -0.3 is 9.88 Å². The molecular formula is C13H15ClN4O. The van der Waals surface area contributed by atoms with Gasteiger partial charge in [-0.3, -0.25) is 4.79 Å². The largest absolute Gasteiger partial charge is 0.352 e. The molecule has 2 aromatic heterocycles. The first kappa shape index (κ1) is 12.4. The molecule has 0 aliphatic carbocycles. The van der Waals surface area contributed by atoms with Crippen molar-refractivity contribution in [3.8, 4) is 0 Å². The zero-order valence-corrected chi connectivity index (χ0v) is 11.4. The van der Waals surface area contributed by atoms with Gasteiger partial charge in [0.05, 0.1) is 5.88 Å². The number of hydrogen-bond acceptors (Lipinski definition) is 3. The summed E-state index contributed by atoms with van der Waals surface area (Å²) in [6.45, 7) is 2.63. The van der Waals surface area contributed by atoms with Gasteiger partial charge in [0.15, 0.2) is 5.65 Å². The van der Waals surface area contributed by atoms with E-state index in [1.807, 2.05) is 23.6 Å². The first-order valence-corrected chi connectivity index (χ1v) is 6.89. The van der Waals surface area contributed by atoms with Gasteiger partial charge >= 0.3 is 0 Å². The number of carbonyl (C=O) groups is 1. The van der Waals surface area contributed by atoms with Crippen molar-refractivity contribution in [2.45, 2.75) is 38.2 Å². The third-order valence-corrected chi connectivity index (χ3v) is 3.66. The number of aryl methyl sites for hydroxylation is 1. The summed E-state index contributed by atoms with van der Waals surface area (Å²) < 4.78 is 2.02. The average Bonchev–Trinajstić information content (AvgIpc) is 2.94. The maximum atomic E-state index is 11.3. The lowest BCUT2D eigenvalue weighted by Gasteiger charge is -2.13. The number of alkyl halides is 1. The van der Waals surface area contributed by atoms with Crippen LogP contribution in [-0.2, 0) is 17.2 Å². The number of nitrogens with zero attached hydrogens (tertiary/aromatic N) is 3. The standard InChI is InChI=1S/C13H15ClN4O/c1-8-2-4-10-13(15-8)18(11(6-14)17-10)7-9-3-5-12(19)16-9/h2,4,9H,3,5-7H2,1H3,(H,16,19). The van der Waals surface area contributed by atoms with E-state index in [-0.39, 0.29) is 11.9 Å². The van der Waals surface area contributed by atoms with Gasteiger partial charge in [0, 0.05) is 24.7 Å². The SMILES string of the molecule is Cc1ccc2nc(CCl)n(CC3CCC(=O)N3)c2n1. The summed E-state index contributed by atoms with van der Waals surface area (Å²) in [6.07, 6.45) is 1.45. The summed E-state index contributed by atoms with van der Waals surface area (Å²) in [5.74, 6) is 1.26. The van der Waals surface area contributed by atoms with Gasteiger partial charge in [0.25, 0.3) is 0 Å². The van der Waals surface area contributed by atoms with Crippen LogP contribution in [0.4, 0.5) is 0 Å². The Bertz CT molecular complexity index is 637. The van der Waals surface area contributed by atoms with Gasteiger partial charge in [-0.05, 0) is 25.5 Å². The molecule has 1 saturated heterocycles. The Kier molecular flexibility index (Phi) is 3.14. The molecular weight excluding hydrogens is 264 g/mol. The van der Waals surface area contributed by atoms with E-state index in [1.165, 1.54) is 0 Å². The monoisotopic (exact) mass is 278 g/mol. The van der Waals surface area contributed by atoms with Gasteiger partial charge in [0.1, 0.15) is 11.3 Å². The number of halogens is 1. The molecule has 1 amide bonds. The number of nitrogens with one attached hydrogen (secondary N) is 1. The highest BCUT2D eigenvalue weighted by molar-refractivity contribution is 6.16. The molecule has 0 saturated carbocycles. The number of amides is 1. The van der Waals surface area contributed by atoms with Crippen LogP contribution in [0.2, 0.25) is 0 Å². The minimum Gasteiger partial charge on any atom is -0.352 e. The fourth-order valence-corrected chi connectivity index (χ4v) is 2.68. The predicted molar refractivity (Wildman–Crippen MR) is 73.0 cm³/mol. The topological polar surface area (TPSA) is 59.8 Å². The molecule has 1 aliphatic rings. The fourth-order valence-electron chi connectivity index (χ4n) is 2.47. The Balaban J connectivity index is 2.00. The van der Waals surface area contributed by atoms with E-state index in [1.54, 1.807) is 0 Å². The minimum absolute atomic E-state index is 0.117. The Morgan fingerprint density at radius 2 is 2.32 bits per heavy atom. The average molecular weight is 279 g/mol. The fraction of sp³-hybridized carbons (Fsp3) is 0.462. The molecule has 0 spiro atoms.